The Morgan fingerprint density at radius 1 is 1.42 bits per heavy atom. The van der Waals surface area contributed by atoms with Gasteiger partial charge in [-0.05, 0) is 37.4 Å². The summed E-state index contributed by atoms with van der Waals surface area (Å²) in [5.41, 5.74) is 0.441. The van der Waals surface area contributed by atoms with Gasteiger partial charge in [0.15, 0.2) is 0 Å². The quantitative estimate of drug-likeness (QED) is 0.798. The van der Waals surface area contributed by atoms with E-state index >= 15 is 0 Å². The lowest BCUT2D eigenvalue weighted by molar-refractivity contribution is -0.115. The number of rotatable bonds is 7. The number of carbonyl (C=O) groups excluding carboxylic acids is 1. The maximum absolute atomic E-state index is 12.0. The molecule has 1 aromatic carbocycles. The van der Waals surface area contributed by atoms with E-state index in [1.54, 1.807) is 12.1 Å². The summed E-state index contributed by atoms with van der Waals surface area (Å²) in [5.74, 6) is 0.532. The van der Waals surface area contributed by atoms with Gasteiger partial charge in [0.1, 0.15) is 5.75 Å². The van der Waals surface area contributed by atoms with E-state index in [2.05, 4.69) is 15.4 Å². The van der Waals surface area contributed by atoms with Crippen molar-refractivity contribution in [2.24, 2.45) is 5.92 Å². The van der Waals surface area contributed by atoms with E-state index < -0.39 is 6.61 Å². The van der Waals surface area contributed by atoms with Crippen LogP contribution in [-0.2, 0) is 4.79 Å². The Morgan fingerprint density at radius 3 is 2.89 bits per heavy atom. The van der Waals surface area contributed by atoms with Gasteiger partial charge in [0.25, 0.3) is 0 Å². The largest absolute Gasteiger partial charge is 0.435 e. The summed E-state index contributed by atoms with van der Waals surface area (Å²) in [6.07, 6.45) is 2.45. The minimum Gasteiger partial charge on any atom is -0.435 e. The van der Waals surface area contributed by atoms with Crippen LogP contribution in [0.1, 0.15) is 12.8 Å². The molecule has 104 valence electrons. The second-order valence-electron chi connectivity index (χ2n) is 4.53. The fourth-order valence-electron chi connectivity index (χ4n) is 1.67. The zero-order valence-corrected chi connectivity index (χ0v) is 10.4. The minimum absolute atomic E-state index is 0.0266. The Bertz CT molecular complexity index is 436. The molecule has 0 bridgehead atoms. The highest BCUT2D eigenvalue weighted by atomic mass is 19.3. The van der Waals surface area contributed by atoms with Crippen molar-refractivity contribution in [3.63, 3.8) is 0 Å². The molecule has 1 amide bonds. The van der Waals surface area contributed by atoms with Gasteiger partial charge in [-0.1, -0.05) is 6.07 Å². The number of nitrogens with one attached hydrogen (secondary N) is 2. The molecule has 0 radical (unpaired) electrons. The van der Waals surface area contributed by atoms with Gasteiger partial charge in [0.05, 0.1) is 6.54 Å². The highest BCUT2D eigenvalue weighted by Crippen LogP contribution is 2.27. The summed E-state index contributed by atoms with van der Waals surface area (Å²) in [7, 11) is 0. The van der Waals surface area contributed by atoms with E-state index in [9.17, 15) is 13.6 Å². The average molecular weight is 270 g/mol. The molecule has 0 spiro atoms. The van der Waals surface area contributed by atoms with Gasteiger partial charge >= 0.3 is 6.61 Å². The first kappa shape index (κ1) is 13.7. The van der Waals surface area contributed by atoms with Gasteiger partial charge in [0.2, 0.25) is 5.91 Å². The third-order valence-corrected chi connectivity index (χ3v) is 2.76. The van der Waals surface area contributed by atoms with Crippen LogP contribution in [0.2, 0.25) is 0 Å². The number of halogens is 2. The fraction of sp³-hybridized carbons (Fsp3) is 0.462. The van der Waals surface area contributed by atoms with Crippen LogP contribution in [0.4, 0.5) is 14.5 Å². The van der Waals surface area contributed by atoms with Gasteiger partial charge in [0, 0.05) is 11.8 Å². The fourth-order valence-corrected chi connectivity index (χ4v) is 1.67. The van der Waals surface area contributed by atoms with Crippen LogP contribution in [0, 0.1) is 5.92 Å². The van der Waals surface area contributed by atoms with Gasteiger partial charge in [-0.2, -0.15) is 8.78 Å². The van der Waals surface area contributed by atoms with E-state index in [0.717, 1.165) is 6.54 Å². The molecule has 2 N–H and O–H groups in total. The van der Waals surface area contributed by atoms with Crippen molar-refractivity contribution in [3.8, 4) is 5.75 Å². The van der Waals surface area contributed by atoms with Crippen molar-refractivity contribution in [2.75, 3.05) is 18.4 Å². The first-order chi connectivity index (χ1) is 9.13. The molecule has 0 atom stereocenters. The Kier molecular flexibility index (Phi) is 4.68. The molecule has 2 rings (SSSR count). The van der Waals surface area contributed by atoms with Crippen molar-refractivity contribution in [3.05, 3.63) is 24.3 Å². The second-order valence-corrected chi connectivity index (χ2v) is 4.53. The Morgan fingerprint density at radius 2 is 2.21 bits per heavy atom. The highest BCUT2D eigenvalue weighted by molar-refractivity contribution is 5.92. The predicted molar refractivity (Wildman–Crippen MR) is 67.3 cm³/mol. The van der Waals surface area contributed by atoms with Crippen molar-refractivity contribution in [1.82, 2.24) is 5.32 Å². The van der Waals surface area contributed by atoms with E-state index in [-0.39, 0.29) is 18.2 Å². The van der Waals surface area contributed by atoms with Crippen LogP contribution < -0.4 is 15.4 Å². The van der Waals surface area contributed by atoms with Crippen LogP contribution in [-0.4, -0.2) is 25.6 Å². The Labute approximate surface area is 110 Å². The molecular formula is C13H16F2N2O2. The summed E-state index contributed by atoms with van der Waals surface area (Å²) in [4.78, 5) is 11.6. The number of carbonyl (C=O) groups is 1. The third kappa shape index (κ3) is 5.21. The predicted octanol–water partition coefficient (Wildman–Crippen LogP) is 2.23. The SMILES string of the molecule is O=C(CNCC1CC1)Nc1cccc(OC(F)F)c1. The van der Waals surface area contributed by atoms with Crippen LogP contribution in [0.25, 0.3) is 0 Å². The van der Waals surface area contributed by atoms with Gasteiger partial charge < -0.3 is 15.4 Å². The van der Waals surface area contributed by atoms with Crippen LogP contribution in [0.15, 0.2) is 24.3 Å². The molecule has 1 aliphatic carbocycles. The topological polar surface area (TPSA) is 50.4 Å². The summed E-state index contributed by atoms with van der Waals surface area (Å²) in [5, 5.41) is 5.67. The van der Waals surface area contributed by atoms with Crippen molar-refractivity contribution < 1.29 is 18.3 Å². The molecule has 19 heavy (non-hydrogen) atoms. The Hall–Kier alpha value is -1.69. The average Bonchev–Trinajstić information content (AvgIpc) is 3.12. The number of hydrogen-bond acceptors (Lipinski definition) is 3. The van der Waals surface area contributed by atoms with Gasteiger partial charge in [-0.15, -0.1) is 0 Å². The molecule has 0 aliphatic heterocycles. The number of ether oxygens (including phenoxy) is 1. The summed E-state index contributed by atoms with van der Waals surface area (Å²) < 4.78 is 28.3. The van der Waals surface area contributed by atoms with E-state index in [4.69, 9.17) is 0 Å². The smallest absolute Gasteiger partial charge is 0.387 e. The van der Waals surface area contributed by atoms with Crippen molar-refractivity contribution >= 4 is 11.6 Å². The molecule has 0 aromatic heterocycles. The first-order valence-electron chi connectivity index (χ1n) is 6.19. The number of hydrogen-bond donors (Lipinski definition) is 2. The maximum Gasteiger partial charge on any atom is 0.387 e. The lowest BCUT2D eigenvalue weighted by Gasteiger charge is -2.08. The van der Waals surface area contributed by atoms with Crippen LogP contribution >= 0.6 is 0 Å². The summed E-state index contributed by atoms with van der Waals surface area (Å²) in [6.45, 7) is -1.80. The van der Waals surface area contributed by atoms with E-state index in [1.165, 1.54) is 25.0 Å². The van der Waals surface area contributed by atoms with E-state index in [1.807, 2.05) is 0 Å². The molecule has 1 fully saturated rings. The zero-order valence-electron chi connectivity index (χ0n) is 10.4. The molecule has 1 saturated carbocycles. The van der Waals surface area contributed by atoms with Crippen LogP contribution in [0.3, 0.4) is 0 Å². The molecule has 1 aliphatic rings. The molecule has 4 nitrogen and oxygen atoms in total. The number of alkyl halides is 2. The lowest BCUT2D eigenvalue weighted by Crippen LogP contribution is -2.29. The maximum atomic E-state index is 12.0. The molecule has 0 heterocycles. The monoisotopic (exact) mass is 270 g/mol. The molecule has 6 heteroatoms. The molecule has 0 saturated heterocycles. The number of benzene rings is 1. The molecule has 0 unspecified atom stereocenters. The number of anilines is 1. The molecule has 1 aromatic rings. The van der Waals surface area contributed by atoms with Gasteiger partial charge in [-0.3, -0.25) is 4.79 Å². The highest BCUT2D eigenvalue weighted by Gasteiger charge is 2.20. The third-order valence-electron chi connectivity index (χ3n) is 2.76. The zero-order chi connectivity index (χ0) is 13.7. The second kappa shape index (κ2) is 6.47. The summed E-state index contributed by atoms with van der Waals surface area (Å²) >= 11 is 0. The number of amides is 1. The van der Waals surface area contributed by atoms with Gasteiger partial charge in [-0.25, -0.2) is 0 Å². The minimum atomic E-state index is -2.87. The van der Waals surface area contributed by atoms with Crippen LogP contribution in [0.5, 0.6) is 5.75 Å². The summed E-state index contributed by atoms with van der Waals surface area (Å²) in [6, 6.07) is 5.94. The van der Waals surface area contributed by atoms with E-state index in [0.29, 0.717) is 11.6 Å². The lowest BCUT2D eigenvalue weighted by atomic mass is 10.3. The normalized spacial score (nSPS) is 14.5. The van der Waals surface area contributed by atoms with Crippen molar-refractivity contribution in [1.29, 1.82) is 0 Å². The first-order valence-corrected chi connectivity index (χ1v) is 6.19. The standard InChI is InChI=1S/C13H16F2N2O2/c14-13(15)19-11-3-1-2-10(6-11)17-12(18)8-16-7-9-4-5-9/h1-3,6,9,13,16H,4-5,7-8H2,(H,17,18). The Balaban J connectivity index is 1.78. The molecular weight excluding hydrogens is 254 g/mol. The van der Waals surface area contributed by atoms with Crippen molar-refractivity contribution in [2.45, 2.75) is 19.5 Å².